The van der Waals surface area contributed by atoms with Crippen molar-refractivity contribution in [2.24, 2.45) is 23.1 Å². The summed E-state index contributed by atoms with van der Waals surface area (Å²) < 4.78 is 0. The minimum Gasteiger partial charge on any atom is -0.481 e. The number of nitrogens with one attached hydrogen (secondary N) is 7. The molecule has 3 heterocycles. The highest BCUT2D eigenvalue weighted by Gasteiger charge is 2.47. The highest BCUT2D eigenvalue weighted by atomic mass is 16.4. The monoisotopic (exact) mass is 968 g/mol. The van der Waals surface area contributed by atoms with E-state index in [9.17, 15) is 78.0 Å². The number of nitrogens with two attached hydrogens (primary N) is 3. The minimum atomic E-state index is -1.89. The van der Waals surface area contributed by atoms with Crippen LogP contribution in [0, 0.1) is 5.92 Å². The Morgan fingerprint density at radius 3 is 1.62 bits per heavy atom. The van der Waals surface area contributed by atoms with Gasteiger partial charge in [-0.1, -0.05) is 13.8 Å². The lowest BCUT2D eigenvalue weighted by molar-refractivity contribution is -0.153. The summed E-state index contributed by atoms with van der Waals surface area (Å²) in [5.74, 6) is -14.4. The molecule has 0 saturated carbocycles. The van der Waals surface area contributed by atoms with Gasteiger partial charge >= 0.3 is 5.97 Å². The van der Waals surface area contributed by atoms with E-state index in [4.69, 9.17) is 17.2 Å². The smallest absolute Gasteiger partial charge is 0.303 e. The van der Waals surface area contributed by atoms with Gasteiger partial charge in [0.25, 0.3) is 5.91 Å². The van der Waals surface area contributed by atoms with Crippen molar-refractivity contribution >= 4 is 70.9 Å². The molecule has 3 saturated heterocycles. The number of carboxylic acids is 1. The van der Waals surface area contributed by atoms with Gasteiger partial charge in [-0.3, -0.25) is 57.5 Å². The van der Waals surface area contributed by atoms with Gasteiger partial charge in [0, 0.05) is 6.42 Å². The number of carbonyl (C=O) groups is 12. The maximum atomic E-state index is 14.2. The summed E-state index contributed by atoms with van der Waals surface area (Å²) >= 11 is 0. The van der Waals surface area contributed by atoms with Gasteiger partial charge in [0.15, 0.2) is 0 Å². The Bertz CT molecular complexity index is 1940. The summed E-state index contributed by atoms with van der Waals surface area (Å²) in [6, 6.07) is -13.4. The summed E-state index contributed by atoms with van der Waals surface area (Å²) in [5, 5.41) is 58.3. The average molecular weight is 969 g/mol. The number of unbranched alkanes of at least 4 members (excludes halogenated alkanes) is 1. The third-order valence-electron chi connectivity index (χ3n) is 11.5. The van der Waals surface area contributed by atoms with Crippen LogP contribution in [-0.2, 0) is 57.5 Å². The van der Waals surface area contributed by atoms with Gasteiger partial charge in [-0.05, 0) is 70.8 Å². The van der Waals surface area contributed by atoms with Gasteiger partial charge in [-0.15, -0.1) is 0 Å². The maximum Gasteiger partial charge on any atom is 0.303 e. The molecule has 28 nitrogen and oxygen atoms in total. The van der Waals surface area contributed by atoms with Crippen molar-refractivity contribution in [1.29, 1.82) is 0 Å². The quantitative estimate of drug-likeness (QED) is 0.0763. The van der Waals surface area contributed by atoms with Crippen LogP contribution in [0.3, 0.4) is 0 Å². The average Bonchev–Trinajstić information content (AvgIpc) is 3.84. The van der Waals surface area contributed by atoms with Crippen molar-refractivity contribution in [3.63, 3.8) is 0 Å². The van der Waals surface area contributed by atoms with Gasteiger partial charge in [0.1, 0.15) is 60.8 Å². The summed E-state index contributed by atoms with van der Waals surface area (Å²) in [6.07, 6.45) is -8.51. The second-order valence-electron chi connectivity index (χ2n) is 17.2. The van der Waals surface area contributed by atoms with E-state index in [1.165, 1.54) is 13.8 Å². The first-order valence-electron chi connectivity index (χ1n) is 22.1. The molecule has 28 heteroatoms. The van der Waals surface area contributed by atoms with E-state index in [0.29, 0.717) is 16.2 Å². The summed E-state index contributed by atoms with van der Waals surface area (Å²) in [6.45, 7) is 3.35. The van der Waals surface area contributed by atoms with Crippen molar-refractivity contribution in [3.05, 3.63) is 0 Å². The van der Waals surface area contributed by atoms with Gasteiger partial charge in [0.2, 0.25) is 59.1 Å². The largest absolute Gasteiger partial charge is 0.481 e. The van der Waals surface area contributed by atoms with Crippen LogP contribution in [0.5, 0.6) is 0 Å². The van der Waals surface area contributed by atoms with Crippen molar-refractivity contribution < 1.29 is 78.0 Å². The number of hydrogen-bond acceptors (Lipinski definition) is 16. The summed E-state index contributed by atoms with van der Waals surface area (Å²) in [4.78, 5) is 161. The number of aliphatic hydroxyl groups excluding tert-OH is 3. The van der Waals surface area contributed by atoms with Gasteiger partial charge in [0.05, 0.1) is 25.5 Å². The van der Waals surface area contributed by atoms with E-state index >= 15 is 0 Å². The van der Waals surface area contributed by atoms with Gasteiger partial charge in [-0.25, -0.2) is 0 Å². The molecule has 3 rings (SSSR count). The van der Waals surface area contributed by atoms with E-state index in [0.717, 1.165) is 6.92 Å². The lowest BCUT2D eigenvalue weighted by atomic mass is 10.0. The molecule has 0 aliphatic carbocycles. The number of amides is 11. The number of aliphatic carboxylic acids is 1. The molecule has 0 aromatic heterocycles. The van der Waals surface area contributed by atoms with Crippen LogP contribution in [0.25, 0.3) is 0 Å². The fraction of sp³-hybridized carbons (Fsp3) is 0.700. The molecule has 0 bridgehead atoms. The number of fused-ring (bicyclic) bond motifs is 2. The Kier molecular flexibility index (Phi) is 21.0. The van der Waals surface area contributed by atoms with E-state index in [1.807, 2.05) is 0 Å². The van der Waals surface area contributed by atoms with Crippen molar-refractivity contribution in [1.82, 2.24) is 47.0 Å². The molecule has 3 aliphatic heterocycles. The van der Waals surface area contributed by atoms with E-state index in [2.05, 4.69) is 37.2 Å². The number of rotatable bonds is 13. The zero-order valence-corrected chi connectivity index (χ0v) is 37.9. The molecule has 0 spiro atoms. The van der Waals surface area contributed by atoms with Crippen molar-refractivity contribution in [2.45, 2.75) is 158 Å². The Morgan fingerprint density at radius 1 is 0.603 bits per heavy atom. The van der Waals surface area contributed by atoms with E-state index < -0.39 is 176 Å². The normalized spacial score (nSPS) is 29.3. The Hall–Kier alpha value is -6.52. The molecule has 0 radical (unpaired) electrons. The number of carboxylic acid groups (broad SMARTS) is 1. The lowest BCUT2D eigenvalue weighted by Gasteiger charge is -2.34. The fourth-order valence-electron chi connectivity index (χ4n) is 7.92. The predicted molar refractivity (Wildman–Crippen MR) is 230 cm³/mol. The van der Waals surface area contributed by atoms with Gasteiger partial charge < -0.3 is 84.6 Å². The van der Waals surface area contributed by atoms with Crippen LogP contribution in [0.4, 0.5) is 0 Å². The molecule has 11 atom stereocenters. The number of aliphatic hydroxyl groups is 3. The summed E-state index contributed by atoms with van der Waals surface area (Å²) in [5.41, 5.74) is 16.4. The van der Waals surface area contributed by atoms with Crippen LogP contribution < -0.4 is 54.4 Å². The van der Waals surface area contributed by atoms with Crippen LogP contribution in [0.1, 0.15) is 91.4 Å². The molecular weight excluding hydrogens is 905 g/mol. The molecule has 380 valence electrons. The van der Waals surface area contributed by atoms with Gasteiger partial charge in [-0.2, -0.15) is 0 Å². The molecule has 68 heavy (non-hydrogen) atoms. The van der Waals surface area contributed by atoms with Crippen molar-refractivity contribution in [2.75, 3.05) is 13.1 Å². The number of nitrogens with zero attached hydrogens (tertiary/aromatic N) is 2. The standard InChI is InChI=1S/C40H64N12O16/c1-17(2)31-38(66)48-22(15-26(43)55)39(67)51-23(8-10-28(51)57)36(64)44-16-27(56)45-21(14-25(42)54)35(63)47-20(7-12-30(59)60)33(61)46-19(6-4-5-13-41)34(62)50-32(18(3)53)40(68)52-24(37(65)49-31)9-11-29(52)58/h17-24,28-29,31-32,53,57-58H,4-16,41H2,1-3H3,(H2,42,54)(H2,43,55)(H,44,64)(H,45,56)(H,46,61)(H,47,63)(H,48,66)(H,49,65)(H,50,62)(H,59,60)/t18-,19+,20+,21-,22-,23+,24+,28?,29?,31+,32+/m1/s1. The van der Waals surface area contributed by atoms with Crippen LogP contribution in [0.2, 0.25) is 0 Å². The molecule has 17 N–H and O–H groups in total. The minimum absolute atomic E-state index is 0.148. The Balaban J connectivity index is 2.15. The highest BCUT2D eigenvalue weighted by Crippen LogP contribution is 2.26. The first-order chi connectivity index (χ1) is 31.9. The first kappa shape index (κ1) is 55.8. The highest BCUT2D eigenvalue weighted by molar-refractivity contribution is 6.00. The second kappa shape index (κ2) is 25.6. The summed E-state index contributed by atoms with van der Waals surface area (Å²) in [7, 11) is 0. The molecule has 11 amide bonds. The number of primary amides is 2. The lowest BCUT2D eigenvalue weighted by Crippen LogP contribution is -2.63. The molecule has 0 aromatic rings. The molecule has 3 aliphatic rings. The SMILES string of the molecule is CC(C)[C@@H]1NC(=O)[C@@H]2CCC(O)N2C(=O)[C@H]([C@@H](C)O)NC(=O)[C@H](CCCCN)NC(=O)[C@H](CCC(=O)O)NC(=O)[C@@H](CC(N)=O)NC(=O)CNC(=O)[C@@H]2CCC(O)N2C(=O)[C@@H](CC(N)=O)NC1=O. The Labute approximate surface area is 389 Å². The second-order valence-corrected chi connectivity index (χ2v) is 17.2. The molecule has 0 aromatic carbocycles. The van der Waals surface area contributed by atoms with E-state index in [-0.39, 0.29) is 45.1 Å². The van der Waals surface area contributed by atoms with Crippen LogP contribution in [0.15, 0.2) is 0 Å². The molecule has 2 unspecified atom stereocenters. The zero-order chi connectivity index (χ0) is 51.2. The first-order valence-corrected chi connectivity index (χ1v) is 22.1. The Morgan fingerprint density at radius 2 is 1.09 bits per heavy atom. The topological polar surface area (TPSA) is 455 Å². The fourth-order valence-corrected chi connectivity index (χ4v) is 7.92. The molecule has 3 fully saturated rings. The third kappa shape index (κ3) is 15.5. The van der Waals surface area contributed by atoms with E-state index in [1.54, 1.807) is 0 Å². The number of carbonyl (C=O) groups excluding carboxylic acids is 11. The van der Waals surface area contributed by atoms with Crippen LogP contribution in [-0.4, -0.2) is 181 Å². The zero-order valence-electron chi connectivity index (χ0n) is 37.9. The molecular formula is C40H64N12O16. The maximum absolute atomic E-state index is 14.2. The number of hydrogen-bond donors (Lipinski definition) is 14. The predicted octanol–water partition coefficient (Wildman–Crippen LogP) is -7.57. The van der Waals surface area contributed by atoms with Crippen LogP contribution >= 0.6 is 0 Å². The van der Waals surface area contributed by atoms with Crippen molar-refractivity contribution in [3.8, 4) is 0 Å². The third-order valence-corrected chi connectivity index (χ3v) is 11.5.